The van der Waals surface area contributed by atoms with Gasteiger partial charge in [0, 0.05) is 24.1 Å². The molecule has 0 radical (unpaired) electrons. The third-order valence-corrected chi connectivity index (χ3v) is 9.71. The van der Waals surface area contributed by atoms with Crippen LogP contribution in [0, 0.1) is 0 Å². The van der Waals surface area contributed by atoms with Gasteiger partial charge in [-0.15, -0.1) is 11.3 Å². The predicted molar refractivity (Wildman–Crippen MR) is 156 cm³/mol. The smallest absolute Gasteiger partial charge is 0.327 e. The molecule has 0 saturated heterocycles. The van der Waals surface area contributed by atoms with Gasteiger partial charge >= 0.3 is 12.0 Å². The van der Waals surface area contributed by atoms with Crippen LogP contribution in [0.25, 0.3) is 0 Å². The van der Waals surface area contributed by atoms with Gasteiger partial charge in [0.25, 0.3) is 5.91 Å². The summed E-state index contributed by atoms with van der Waals surface area (Å²) in [4.78, 5) is 38.0. The van der Waals surface area contributed by atoms with Crippen molar-refractivity contribution >= 4 is 49.8 Å². The number of sulfone groups is 1. The Morgan fingerprint density at radius 1 is 0.950 bits per heavy atom. The molecular weight excluding hydrogens is 550 g/mol. The molecule has 4 rings (SSSR count). The molecule has 1 saturated carbocycles. The first-order valence-corrected chi connectivity index (χ1v) is 15.9. The van der Waals surface area contributed by atoms with E-state index in [1.807, 2.05) is 12.1 Å². The van der Waals surface area contributed by atoms with Crippen LogP contribution in [0.1, 0.15) is 65.9 Å². The Labute approximate surface area is 238 Å². The molecule has 0 atom stereocenters. The zero-order valence-corrected chi connectivity index (χ0v) is 23.9. The third kappa shape index (κ3) is 7.92. The molecule has 3 aromatic rings. The van der Waals surface area contributed by atoms with Gasteiger partial charge in [-0.05, 0) is 66.3 Å². The van der Waals surface area contributed by atoms with Crippen molar-refractivity contribution in [2.75, 3.05) is 23.0 Å². The number of carboxylic acids is 1. The Morgan fingerprint density at radius 2 is 1.62 bits per heavy atom. The van der Waals surface area contributed by atoms with Gasteiger partial charge in [0.2, 0.25) is 0 Å². The number of benzene rings is 2. The lowest BCUT2D eigenvalue weighted by atomic mass is 9.84. The molecule has 1 fully saturated rings. The van der Waals surface area contributed by atoms with Gasteiger partial charge in [-0.25, -0.2) is 13.2 Å². The predicted octanol–water partition coefficient (Wildman–Crippen LogP) is 5.64. The molecule has 2 aromatic carbocycles. The minimum absolute atomic E-state index is 0.0322. The van der Waals surface area contributed by atoms with Crippen molar-refractivity contribution in [2.24, 2.45) is 0 Å². The fourth-order valence-corrected chi connectivity index (χ4v) is 6.55. The van der Waals surface area contributed by atoms with Crippen LogP contribution in [0.5, 0.6) is 0 Å². The highest BCUT2D eigenvalue weighted by molar-refractivity contribution is 7.92. The molecule has 1 aromatic heterocycles. The number of hydrogen-bond acceptors (Lipinski definition) is 6. The standard InChI is InChI=1S/C29H33N3O6S2/c1-40(37,38)27-16-15-25(39-27)31-29(36)32(24-13-11-22(12-14-24)21-5-3-2-4-6-21)19-20-7-9-23(10-8-20)28(35)30-18-17-26(33)34/h7-16,21H,2-6,17-19H2,1H3,(H,30,35)(H,31,36)(H,33,34). The molecule has 1 aliphatic rings. The summed E-state index contributed by atoms with van der Waals surface area (Å²) in [6, 6.07) is 17.4. The van der Waals surface area contributed by atoms with Crippen LogP contribution in [0.2, 0.25) is 0 Å². The van der Waals surface area contributed by atoms with Gasteiger partial charge in [-0.2, -0.15) is 0 Å². The van der Waals surface area contributed by atoms with E-state index < -0.39 is 21.8 Å². The molecule has 0 bridgehead atoms. The highest BCUT2D eigenvalue weighted by atomic mass is 32.2. The minimum atomic E-state index is -3.38. The molecular formula is C29H33N3O6S2. The lowest BCUT2D eigenvalue weighted by Gasteiger charge is -2.25. The molecule has 212 valence electrons. The summed E-state index contributed by atoms with van der Waals surface area (Å²) >= 11 is 0.994. The second-order valence-electron chi connectivity index (χ2n) is 9.93. The third-order valence-electron chi connectivity index (χ3n) is 6.88. The van der Waals surface area contributed by atoms with Crippen LogP contribution < -0.4 is 15.5 Å². The van der Waals surface area contributed by atoms with Crippen molar-refractivity contribution in [2.45, 2.75) is 55.2 Å². The van der Waals surface area contributed by atoms with Crippen LogP contribution in [0.4, 0.5) is 15.5 Å². The van der Waals surface area contributed by atoms with Gasteiger partial charge in [0.1, 0.15) is 4.21 Å². The fraction of sp³-hybridized carbons (Fsp3) is 0.345. The summed E-state index contributed by atoms with van der Waals surface area (Å²) in [7, 11) is -3.38. The molecule has 3 amide bonds. The maximum Gasteiger partial charge on any atom is 0.327 e. The first kappa shape index (κ1) is 29.3. The lowest BCUT2D eigenvalue weighted by Crippen LogP contribution is -2.34. The Balaban J connectivity index is 1.52. The topological polar surface area (TPSA) is 133 Å². The van der Waals surface area contributed by atoms with Gasteiger partial charge in [0.05, 0.1) is 18.0 Å². The number of nitrogens with one attached hydrogen (secondary N) is 2. The molecule has 0 unspecified atom stereocenters. The molecule has 0 spiro atoms. The van der Waals surface area contributed by atoms with E-state index in [0.29, 0.717) is 22.2 Å². The maximum absolute atomic E-state index is 13.5. The van der Waals surface area contributed by atoms with Crippen molar-refractivity contribution in [3.8, 4) is 0 Å². The van der Waals surface area contributed by atoms with Crippen molar-refractivity contribution in [1.29, 1.82) is 0 Å². The molecule has 9 nitrogen and oxygen atoms in total. The fourth-order valence-electron chi connectivity index (χ4n) is 4.73. The first-order chi connectivity index (χ1) is 19.1. The van der Waals surface area contributed by atoms with Crippen molar-refractivity contribution < 1.29 is 27.9 Å². The average Bonchev–Trinajstić information content (AvgIpc) is 3.41. The maximum atomic E-state index is 13.5. The highest BCUT2D eigenvalue weighted by Crippen LogP contribution is 2.34. The zero-order chi connectivity index (χ0) is 28.7. The molecule has 1 heterocycles. The van der Waals surface area contributed by atoms with Crippen molar-refractivity contribution in [3.05, 3.63) is 77.4 Å². The number of carboxylic acid groups (broad SMARTS) is 1. The Hall–Kier alpha value is -3.70. The number of amides is 3. The second kappa shape index (κ2) is 13.1. The van der Waals surface area contributed by atoms with E-state index in [0.717, 1.165) is 23.2 Å². The molecule has 40 heavy (non-hydrogen) atoms. The van der Waals surface area contributed by atoms with Crippen molar-refractivity contribution in [1.82, 2.24) is 5.32 Å². The summed E-state index contributed by atoms with van der Waals surface area (Å²) in [5.74, 6) is -0.837. The summed E-state index contributed by atoms with van der Waals surface area (Å²) in [5.41, 5.74) is 3.11. The number of aliphatic carboxylic acids is 1. The largest absolute Gasteiger partial charge is 0.481 e. The van der Waals surface area contributed by atoms with Crippen LogP contribution >= 0.6 is 11.3 Å². The zero-order valence-electron chi connectivity index (χ0n) is 22.3. The number of nitrogens with zero attached hydrogens (tertiary/aromatic N) is 1. The van der Waals surface area contributed by atoms with Gasteiger partial charge in [-0.3, -0.25) is 19.8 Å². The van der Waals surface area contributed by atoms with Gasteiger partial charge in [-0.1, -0.05) is 43.5 Å². The van der Waals surface area contributed by atoms with Crippen LogP contribution in [-0.4, -0.2) is 44.2 Å². The van der Waals surface area contributed by atoms with Gasteiger partial charge in [0.15, 0.2) is 9.84 Å². The van der Waals surface area contributed by atoms with E-state index in [2.05, 4.69) is 22.8 Å². The number of carbonyl (C=O) groups excluding carboxylic acids is 2. The number of rotatable bonds is 10. The summed E-state index contributed by atoms with van der Waals surface area (Å²) < 4.78 is 23.9. The monoisotopic (exact) mass is 583 g/mol. The Kier molecular flexibility index (Phi) is 9.59. The second-order valence-corrected chi connectivity index (χ2v) is 13.3. The summed E-state index contributed by atoms with van der Waals surface area (Å²) in [6.07, 6.45) is 7.02. The van der Waals surface area contributed by atoms with E-state index in [-0.39, 0.29) is 29.6 Å². The molecule has 0 aliphatic heterocycles. The van der Waals surface area contributed by atoms with E-state index in [9.17, 15) is 22.8 Å². The summed E-state index contributed by atoms with van der Waals surface area (Å²) in [5, 5.41) is 14.6. The number of carbonyl (C=O) groups is 3. The number of hydrogen-bond donors (Lipinski definition) is 3. The van der Waals surface area contributed by atoms with E-state index in [1.165, 1.54) is 43.7 Å². The summed E-state index contributed by atoms with van der Waals surface area (Å²) in [6.45, 7) is 0.240. The van der Waals surface area contributed by atoms with E-state index in [1.54, 1.807) is 35.2 Å². The molecule has 11 heteroatoms. The minimum Gasteiger partial charge on any atom is -0.481 e. The SMILES string of the molecule is CS(=O)(=O)c1ccc(NC(=O)N(Cc2ccc(C(=O)NCCC(=O)O)cc2)c2ccc(C3CCCCC3)cc2)s1. The lowest BCUT2D eigenvalue weighted by molar-refractivity contribution is -0.136. The first-order valence-electron chi connectivity index (χ1n) is 13.2. The van der Waals surface area contributed by atoms with E-state index >= 15 is 0 Å². The van der Waals surface area contributed by atoms with E-state index in [4.69, 9.17) is 5.11 Å². The number of urea groups is 1. The van der Waals surface area contributed by atoms with Crippen LogP contribution in [0.15, 0.2) is 64.9 Å². The van der Waals surface area contributed by atoms with Crippen LogP contribution in [-0.2, 0) is 21.2 Å². The molecule has 1 aliphatic carbocycles. The Bertz CT molecular complexity index is 1440. The van der Waals surface area contributed by atoms with Crippen LogP contribution in [0.3, 0.4) is 0 Å². The van der Waals surface area contributed by atoms with Crippen molar-refractivity contribution in [3.63, 3.8) is 0 Å². The van der Waals surface area contributed by atoms with Gasteiger partial charge < -0.3 is 10.4 Å². The highest BCUT2D eigenvalue weighted by Gasteiger charge is 2.21. The number of anilines is 2. The Morgan fingerprint density at radius 3 is 2.23 bits per heavy atom. The normalized spacial score (nSPS) is 13.9. The average molecular weight is 584 g/mol. The quantitative estimate of drug-likeness (QED) is 0.283. The molecule has 3 N–H and O–H groups in total. The number of thiophene rings is 1.